The summed E-state index contributed by atoms with van der Waals surface area (Å²) in [4.78, 5) is -0.0211. The molecular formula is C16H15Br2NO5S2. The van der Waals surface area contributed by atoms with Gasteiger partial charge in [-0.25, -0.2) is 16.8 Å². The van der Waals surface area contributed by atoms with E-state index >= 15 is 0 Å². The monoisotopic (exact) mass is 523 g/mol. The maximum absolute atomic E-state index is 13.4. The van der Waals surface area contributed by atoms with Gasteiger partial charge >= 0.3 is 0 Å². The molecule has 0 aliphatic carbocycles. The van der Waals surface area contributed by atoms with Gasteiger partial charge in [-0.2, -0.15) is 0 Å². The highest BCUT2D eigenvalue weighted by atomic mass is 79.9. The average Bonchev–Trinajstić information content (AvgIpc) is 2.83. The van der Waals surface area contributed by atoms with Gasteiger partial charge in [-0.15, -0.1) is 0 Å². The third-order valence-electron chi connectivity index (χ3n) is 4.04. The number of hydrogen-bond donors (Lipinski definition) is 1. The Morgan fingerprint density at radius 1 is 1.04 bits per heavy atom. The predicted molar refractivity (Wildman–Crippen MR) is 106 cm³/mol. The Kier molecular flexibility index (Phi) is 5.51. The van der Waals surface area contributed by atoms with Crippen molar-refractivity contribution in [2.45, 2.75) is 17.0 Å². The lowest BCUT2D eigenvalue weighted by Gasteiger charge is -2.31. The van der Waals surface area contributed by atoms with Crippen LogP contribution in [0.15, 0.2) is 62.4 Å². The van der Waals surface area contributed by atoms with Crippen LogP contribution in [-0.4, -0.2) is 45.6 Å². The maximum atomic E-state index is 13.4. The highest BCUT2D eigenvalue weighted by molar-refractivity contribution is 9.11. The first-order valence-corrected chi connectivity index (χ1v) is 12.4. The van der Waals surface area contributed by atoms with Gasteiger partial charge in [0.05, 0.1) is 29.3 Å². The van der Waals surface area contributed by atoms with Gasteiger partial charge in [-0.1, -0.05) is 34.1 Å². The van der Waals surface area contributed by atoms with E-state index in [0.29, 0.717) is 14.6 Å². The van der Waals surface area contributed by atoms with Crippen LogP contribution in [0, 0.1) is 0 Å². The molecule has 0 amide bonds. The molecule has 3 rings (SSSR count). The number of nitrogens with zero attached hydrogens (tertiary/aromatic N) is 1. The van der Waals surface area contributed by atoms with Crippen molar-refractivity contribution in [2.24, 2.45) is 0 Å². The molecule has 0 saturated carbocycles. The maximum Gasteiger partial charge on any atom is 0.265 e. The number of para-hydroxylation sites is 1. The Balaban J connectivity index is 2.20. The summed E-state index contributed by atoms with van der Waals surface area (Å²) in [6.07, 6.45) is -1.30. The van der Waals surface area contributed by atoms with Crippen molar-refractivity contribution in [3.05, 3.63) is 57.5 Å². The first kappa shape index (κ1) is 19.8. The number of aliphatic hydroxyl groups excluding tert-OH is 1. The van der Waals surface area contributed by atoms with E-state index in [1.54, 1.807) is 42.5 Å². The van der Waals surface area contributed by atoms with Crippen LogP contribution in [0.25, 0.3) is 0 Å². The smallest absolute Gasteiger partial charge is 0.265 e. The Hall–Kier alpha value is -0.940. The van der Waals surface area contributed by atoms with Crippen LogP contribution in [0.2, 0.25) is 0 Å². The zero-order valence-corrected chi connectivity index (χ0v) is 18.1. The van der Waals surface area contributed by atoms with Crippen molar-refractivity contribution in [1.82, 2.24) is 0 Å². The fourth-order valence-electron chi connectivity index (χ4n) is 2.90. The molecule has 0 unspecified atom stereocenters. The van der Waals surface area contributed by atoms with Gasteiger partial charge in [0.15, 0.2) is 9.84 Å². The second-order valence-corrected chi connectivity index (χ2v) is 11.6. The SMILES string of the molecule is O=S1(=O)C[C@@H](N(c2ccccc2)S(=O)(=O)c2cc(Br)ccc2Br)[C@@H](O)C1. The summed E-state index contributed by atoms with van der Waals surface area (Å²) in [6, 6.07) is 11.8. The van der Waals surface area contributed by atoms with Crippen LogP contribution in [0.1, 0.15) is 0 Å². The van der Waals surface area contributed by atoms with E-state index in [9.17, 15) is 21.9 Å². The lowest BCUT2D eigenvalue weighted by Crippen LogP contribution is -2.47. The summed E-state index contributed by atoms with van der Waals surface area (Å²) in [7, 11) is -7.68. The van der Waals surface area contributed by atoms with Crippen molar-refractivity contribution < 1.29 is 21.9 Å². The molecule has 0 spiro atoms. The summed E-state index contributed by atoms with van der Waals surface area (Å²) in [5.41, 5.74) is 0.292. The van der Waals surface area contributed by atoms with Gasteiger partial charge in [0, 0.05) is 8.95 Å². The van der Waals surface area contributed by atoms with Crippen molar-refractivity contribution in [2.75, 3.05) is 15.8 Å². The average molecular weight is 525 g/mol. The van der Waals surface area contributed by atoms with Crippen molar-refractivity contribution in [3.63, 3.8) is 0 Å². The summed E-state index contributed by atoms with van der Waals surface area (Å²) in [5, 5.41) is 10.3. The predicted octanol–water partition coefficient (Wildman–Crippen LogP) is 2.56. The van der Waals surface area contributed by atoms with Gasteiger partial charge in [0.25, 0.3) is 10.0 Å². The van der Waals surface area contributed by atoms with E-state index in [1.807, 2.05) is 0 Å². The molecule has 0 bridgehead atoms. The van der Waals surface area contributed by atoms with E-state index in [4.69, 9.17) is 0 Å². The summed E-state index contributed by atoms with van der Waals surface area (Å²) >= 11 is 6.50. The molecule has 2 atom stereocenters. The number of aliphatic hydroxyl groups is 1. The number of benzene rings is 2. The Morgan fingerprint density at radius 2 is 1.69 bits per heavy atom. The topological polar surface area (TPSA) is 91.8 Å². The highest BCUT2D eigenvalue weighted by Crippen LogP contribution is 2.34. The van der Waals surface area contributed by atoms with Crippen molar-refractivity contribution in [3.8, 4) is 0 Å². The number of halogens is 2. The Labute approximate surface area is 169 Å². The zero-order chi connectivity index (χ0) is 19.1. The van der Waals surface area contributed by atoms with Crippen LogP contribution in [0.3, 0.4) is 0 Å². The van der Waals surface area contributed by atoms with Crippen LogP contribution in [0.5, 0.6) is 0 Å². The van der Waals surface area contributed by atoms with E-state index in [1.165, 1.54) is 6.07 Å². The number of rotatable bonds is 4. The fourth-order valence-corrected chi connectivity index (χ4v) is 7.91. The van der Waals surface area contributed by atoms with Crippen molar-refractivity contribution in [1.29, 1.82) is 0 Å². The molecule has 1 heterocycles. The lowest BCUT2D eigenvalue weighted by molar-refractivity contribution is 0.184. The molecule has 1 fully saturated rings. The van der Waals surface area contributed by atoms with E-state index in [-0.39, 0.29) is 4.90 Å². The number of hydrogen-bond acceptors (Lipinski definition) is 5. The number of sulfone groups is 1. The van der Waals surface area contributed by atoms with Gasteiger partial charge in [0.1, 0.15) is 4.90 Å². The second-order valence-electron chi connectivity index (χ2n) is 5.92. The van der Waals surface area contributed by atoms with Crippen LogP contribution >= 0.6 is 31.9 Å². The Bertz CT molecular complexity index is 1030. The molecule has 2 aromatic carbocycles. The first-order chi connectivity index (χ1) is 12.1. The molecule has 2 aromatic rings. The standard InChI is InChI=1S/C16H15Br2NO5S2/c17-11-6-7-13(18)16(8-11)26(23,24)19(12-4-2-1-3-5-12)14-9-25(21,22)10-15(14)20/h1-8,14-15,20H,9-10H2/t14-,15+/m1/s1. The molecule has 0 radical (unpaired) electrons. The first-order valence-electron chi connectivity index (χ1n) is 7.55. The second kappa shape index (κ2) is 7.23. The third kappa shape index (κ3) is 3.84. The van der Waals surface area contributed by atoms with Crippen LogP contribution in [0.4, 0.5) is 5.69 Å². The largest absolute Gasteiger partial charge is 0.390 e. The molecular weight excluding hydrogens is 510 g/mol. The van der Waals surface area contributed by atoms with E-state index in [0.717, 1.165) is 4.31 Å². The van der Waals surface area contributed by atoms with E-state index in [2.05, 4.69) is 31.9 Å². The normalized spacial score (nSPS) is 22.3. The molecule has 6 nitrogen and oxygen atoms in total. The number of sulfonamides is 1. The molecule has 140 valence electrons. The minimum absolute atomic E-state index is 0.0211. The lowest BCUT2D eigenvalue weighted by atomic mass is 10.2. The van der Waals surface area contributed by atoms with Crippen LogP contribution in [-0.2, 0) is 19.9 Å². The highest BCUT2D eigenvalue weighted by Gasteiger charge is 2.45. The quantitative estimate of drug-likeness (QED) is 0.663. The molecule has 1 aliphatic rings. The molecule has 1 saturated heterocycles. The van der Waals surface area contributed by atoms with Crippen molar-refractivity contribution >= 4 is 57.4 Å². The van der Waals surface area contributed by atoms with Gasteiger partial charge < -0.3 is 5.11 Å². The fraction of sp³-hybridized carbons (Fsp3) is 0.250. The minimum Gasteiger partial charge on any atom is -0.390 e. The summed E-state index contributed by atoms with van der Waals surface area (Å²) in [5.74, 6) is -0.899. The van der Waals surface area contributed by atoms with E-state index < -0.39 is 43.5 Å². The summed E-state index contributed by atoms with van der Waals surface area (Å²) < 4.78 is 52.7. The van der Waals surface area contributed by atoms with Gasteiger partial charge in [-0.05, 0) is 46.3 Å². The van der Waals surface area contributed by atoms with Crippen LogP contribution < -0.4 is 4.31 Å². The zero-order valence-electron chi connectivity index (χ0n) is 13.3. The molecule has 10 heteroatoms. The minimum atomic E-state index is -4.14. The Morgan fingerprint density at radius 3 is 2.27 bits per heavy atom. The molecule has 1 N–H and O–H groups in total. The number of anilines is 1. The summed E-state index contributed by atoms with van der Waals surface area (Å²) in [6.45, 7) is 0. The third-order valence-corrected chi connectivity index (χ3v) is 9.07. The van der Waals surface area contributed by atoms with Gasteiger partial charge in [0.2, 0.25) is 0 Å². The molecule has 26 heavy (non-hydrogen) atoms. The van der Waals surface area contributed by atoms with Gasteiger partial charge in [-0.3, -0.25) is 4.31 Å². The molecule has 1 aliphatic heterocycles. The molecule has 0 aromatic heterocycles.